The summed E-state index contributed by atoms with van der Waals surface area (Å²) in [6.07, 6.45) is 2.14. The first-order chi connectivity index (χ1) is 11.8. The molecule has 1 aromatic heterocycles. The van der Waals surface area contributed by atoms with E-state index in [-0.39, 0.29) is 19.4 Å². The van der Waals surface area contributed by atoms with Crippen LogP contribution < -0.4 is 4.90 Å². The summed E-state index contributed by atoms with van der Waals surface area (Å²) in [7, 11) is 3.66. The van der Waals surface area contributed by atoms with E-state index in [1.54, 1.807) is 17.0 Å². The Bertz CT molecular complexity index is 630. The molecule has 2 aliphatic rings. The van der Waals surface area contributed by atoms with Crippen LogP contribution in [0.4, 0.5) is 14.6 Å². The molecule has 3 rings (SSSR count). The number of aliphatic hydroxyl groups is 1. The normalized spacial score (nSPS) is 23.1. The van der Waals surface area contributed by atoms with Crippen LogP contribution in [0.15, 0.2) is 12.1 Å². The third kappa shape index (κ3) is 3.07. The fourth-order valence-electron chi connectivity index (χ4n) is 3.72. The number of carbonyl (C=O) groups excluding carboxylic acids is 1. The Morgan fingerprint density at radius 1 is 1.28 bits per heavy atom. The van der Waals surface area contributed by atoms with E-state index in [0.29, 0.717) is 37.2 Å². The maximum absolute atomic E-state index is 14.7. The van der Waals surface area contributed by atoms with E-state index < -0.39 is 23.5 Å². The minimum Gasteiger partial charge on any atom is -0.383 e. The van der Waals surface area contributed by atoms with Crippen molar-refractivity contribution in [1.29, 1.82) is 0 Å². The van der Waals surface area contributed by atoms with Gasteiger partial charge in [0.25, 0.3) is 5.91 Å². The summed E-state index contributed by atoms with van der Waals surface area (Å²) < 4.78 is 29.5. The SMILES string of the molecule is CN(C)c1ccc(C2CCCN2C(=O)C(F)(F)C2(O)CCCC2)nn1. The van der Waals surface area contributed by atoms with E-state index in [2.05, 4.69) is 10.2 Å². The van der Waals surface area contributed by atoms with Crippen molar-refractivity contribution >= 4 is 11.7 Å². The van der Waals surface area contributed by atoms with Crippen LogP contribution in [0.3, 0.4) is 0 Å². The maximum atomic E-state index is 14.7. The summed E-state index contributed by atoms with van der Waals surface area (Å²) in [5.74, 6) is -4.41. The molecule has 138 valence electrons. The zero-order valence-electron chi connectivity index (χ0n) is 14.6. The molecule has 1 aliphatic heterocycles. The lowest BCUT2D eigenvalue weighted by Gasteiger charge is -2.35. The van der Waals surface area contributed by atoms with Gasteiger partial charge in [0, 0.05) is 20.6 Å². The average molecular weight is 354 g/mol. The fourth-order valence-corrected chi connectivity index (χ4v) is 3.72. The molecule has 1 unspecified atom stereocenters. The van der Waals surface area contributed by atoms with Crippen molar-refractivity contribution in [3.63, 3.8) is 0 Å². The van der Waals surface area contributed by atoms with Crippen molar-refractivity contribution in [3.05, 3.63) is 17.8 Å². The number of likely N-dealkylation sites (tertiary alicyclic amines) is 1. The third-order valence-electron chi connectivity index (χ3n) is 5.27. The second kappa shape index (κ2) is 6.48. The minimum absolute atomic E-state index is 0.0401. The van der Waals surface area contributed by atoms with Crippen LogP contribution in [0.5, 0.6) is 0 Å². The van der Waals surface area contributed by atoms with Crippen LogP contribution in [0.1, 0.15) is 50.3 Å². The summed E-state index contributed by atoms with van der Waals surface area (Å²) >= 11 is 0. The predicted octanol–water partition coefficient (Wildman–Crippen LogP) is 2.15. The van der Waals surface area contributed by atoms with E-state index in [4.69, 9.17) is 0 Å². The Morgan fingerprint density at radius 3 is 2.52 bits per heavy atom. The molecule has 2 heterocycles. The van der Waals surface area contributed by atoms with E-state index >= 15 is 0 Å². The second-order valence-electron chi connectivity index (χ2n) is 7.18. The number of rotatable bonds is 4. The molecule has 1 saturated carbocycles. The molecule has 8 heteroatoms. The number of amides is 1. The van der Waals surface area contributed by atoms with Crippen LogP contribution in [-0.4, -0.2) is 58.3 Å². The maximum Gasteiger partial charge on any atom is 0.352 e. The van der Waals surface area contributed by atoms with Gasteiger partial charge in [-0.25, -0.2) is 0 Å². The number of anilines is 1. The van der Waals surface area contributed by atoms with Crippen molar-refractivity contribution in [2.24, 2.45) is 0 Å². The van der Waals surface area contributed by atoms with Crippen molar-refractivity contribution < 1.29 is 18.7 Å². The first kappa shape index (κ1) is 18.0. The Kier molecular flexibility index (Phi) is 4.66. The highest BCUT2D eigenvalue weighted by atomic mass is 19.3. The van der Waals surface area contributed by atoms with Gasteiger partial charge in [-0.2, -0.15) is 13.9 Å². The van der Waals surface area contributed by atoms with Crippen molar-refractivity contribution in [1.82, 2.24) is 15.1 Å². The molecule has 1 amide bonds. The number of nitrogens with zero attached hydrogens (tertiary/aromatic N) is 4. The van der Waals surface area contributed by atoms with Crippen LogP contribution in [0.2, 0.25) is 0 Å². The first-order valence-electron chi connectivity index (χ1n) is 8.68. The lowest BCUT2D eigenvalue weighted by atomic mass is 9.92. The van der Waals surface area contributed by atoms with E-state index in [9.17, 15) is 18.7 Å². The van der Waals surface area contributed by atoms with Gasteiger partial charge in [0.1, 0.15) is 5.60 Å². The molecule has 1 aliphatic carbocycles. The van der Waals surface area contributed by atoms with Gasteiger partial charge in [-0.05, 0) is 37.8 Å². The van der Waals surface area contributed by atoms with E-state index in [0.717, 1.165) is 4.90 Å². The molecule has 1 saturated heterocycles. The van der Waals surface area contributed by atoms with Gasteiger partial charge >= 0.3 is 5.92 Å². The van der Waals surface area contributed by atoms with Crippen LogP contribution in [0.25, 0.3) is 0 Å². The number of hydrogen-bond acceptors (Lipinski definition) is 5. The van der Waals surface area contributed by atoms with Crippen molar-refractivity contribution in [2.75, 3.05) is 25.5 Å². The molecule has 1 atom stereocenters. The van der Waals surface area contributed by atoms with Crippen LogP contribution in [-0.2, 0) is 4.79 Å². The molecule has 0 spiro atoms. The Labute approximate surface area is 145 Å². The highest BCUT2D eigenvalue weighted by molar-refractivity contribution is 5.85. The minimum atomic E-state index is -3.77. The molecule has 1 aromatic rings. The number of halogens is 2. The highest BCUT2D eigenvalue weighted by Gasteiger charge is 2.61. The lowest BCUT2D eigenvalue weighted by molar-refractivity contribution is -0.201. The van der Waals surface area contributed by atoms with Crippen LogP contribution in [0, 0.1) is 0 Å². The molecule has 0 bridgehead atoms. The lowest BCUT2D eigenvalue weighted by Crippen LogP contribution is -2.56. The molecule has 0 aromatic carbocycles. The largest absolute Gasteiger partial charge is 0.383 e. The molecular weight excluding hydrogens is 330 g/mol. The quantitative estimate of drug-likeness (QED) is 0.897. The molecular formula is C17H24F2N4O2. The second-order valence-corrected chi connectivity index (χ2v) is 7.18. The number of alkyl halides is 2. The summed E-state index contributed by atoms with van der Waals surface area (Å²) in [4.78, 5) is 15.5. The molecule has 1 N–H and O–H groups in total. The summed E-state index contributed by atoms with van der Waals surface area (Å²) in [6.45, 7) is 0.242. The topological polar surface area (TPSA) is 69.6 Å². The predicted molar refractivity (Wildman–Crippen MR) is 88.4 cm³/mol. The average Bonchev–Trinajstić information content (AvgIpc) is 3.24. The van der Waals surface area contributed by atoms with Gasteiger partial charge in [-0.1, -0.05) is 12.8 Å². The Hall–Kier alpha value is -1.83. The van der Waals surface area contributed by atoms with Crippen molar-refractivity contribution in [2.45, 2.75) is 56.1 Å². The van der Waals surface area contributed by atoms with Gasteiger partial charge in [0.2, 0.25) is 0 Å². The van der Waals surface area contributed by atoms with Crippen molar-refractivity contribution in [3.8, 4) is 0 Å². The number of aromatic nitrogens is 2. The van der Waals surface area contributed by atoms with Crippen LogP contribution >= 0.6 is 0 Å². The van der Waals surface area contributed by atoms with E-state index in [1.165, 1.54) is 0 Å². The Balaban J connectivity index is 1.82. The van der Waals surface area contributed by atoms with E-state index in [1.807, 2.05) is 14.1 Å². The molecule has 25 heavy (non-hydrogen) atoms. The first-order valence-corrected chi connectivity index (χ1v) is 8.68. The van der Waals surface area contributed by atoms with Gasteiger partial charge < -0.3 is 14.9 Å². The number of carbonyl (C=O) groups is 1. The van der Waals surface area contributed by atoms with Gasteiger partial charge in [0.05, 0.1) is 11.7 Å². The summed E-state index contributed by atoms with van der Waals surface area (Å²) in [5.41, 5.74) is -1.72. The summed E-state index contributed by atoms with van der Waals surface area (Å²) in [6, 6.07) is 2.96. The third-order valence-corrected chi connectivity index (χ3v) is 5.27. The zero-order chi connectivity index (χ0) is 18.2. The Morgan fingerprint density at radius 2 is 1.96 bits per heavy atom. The monoisotopic (exact) mass is 354 g/mol. The number of hydrogen-bond donors (Lipinski definition) is 1. The highest BCUT2D eigenvalue weighted by Crippen LogP contribution is 2.45. The van der Waals surface area contributed by atoms with Gasteiger partial charge in [0.15, 0.2) is 5.82 Å². The summed E-state index contributed by atoms with van der Waals surface area (Å²) in [5, 5.41) is 18.5. The van der Waals surface area contributed by atoms with Gasteiger partial charge in [-0.15, -0.1) is 5.10 Å². The zero-order valence-corrected chi connectivity index (χ0v) is 14.6. The standard InChI is InChI=1S/C17H24F2N4O2/c1-22(2)14-8-7-12(20-21-14)13-6-5-11-23(13)15(24)17(18,19)16(25)9-3-4-10-16/h7-8,13,25H,3-6,9-11H2,1-2H3. The smallest absolute Gasteiger partial charge is 0.352 e. The molecule has 2 fully saturated rings. The van der Waals surface area contributed by atoms with Gasteiger partial charge in [-0.3, -0.25) is 4.79 Å². The molecule has 0 radical (unpaired) electrons. The molecule has 6 nitrogen and oxygen atoms in total. The fraction of sp³-hybridized carbons (Fsp3) is 0.706.